The van der Waals surface area contributed by atoms with E-state index in [-0.39, 0.29) is 5.78 Å². The molecule has 5 nitrogen and oxygen atoms in total. The SMILES string of the molecule is Cc1noc(-c2ccc(-c3ccc(C4(C(=O)O)CC4)cc3)cc2)c1CC(=O)CCc1ccccc1. The van der Waals surface area contributed by atoms with Crippen molar-refractivity contribution >= 4 is 11.8 Å². The number of aromatic nitrogens is 1. The van der Waals surface area contributed by atoms with E-state index >= 15 is 0 Å². The highest BCUT2D eigenvalue weighted by Gasteiger charge is 2.51. The number of ketones is 1. The lowest BCUT2D eigenvalue weighted by Crippen LogP contribution is -2.19. The smallest absolute Gasteiger partial charge is 0.314 e. The number of aliphatic carboxylic acids is 1. The molecular weight excluding hydrogens is 438 g/mol. The molecule has 0 bridgehead atoms. The number of carbonyl (C=O) groups is 2. The van der Waals surface area contributed by atoms with Gasteiger partial charge >= 0.3 is 5.97 Å². The Bertz CT molecular complexity index is 1350. The number of hydrogen-bond donors (Lipinski definition) is 1. The molecule has 1 saturated carbocycles. The molecule has 0 unspecified atom stereocenters. The number of benzene rings is 3. The Labute approximate surface area is 204 Å². The first kappa shape index (κ1) is 22.8. The topological polar surface area (TPSA) is 80.4 Å². The van der Waals surface area contributed by atoms with Crippen LogP contribution in [-0.4, -0.2) is 22.0 Å². The molecule has 5 rings (SSSR count). The molecule has 4 aromatic rings. The number of nitrogens with zero attached hydrogens (tertiary/aromatic N) is 1. The summed E-state index contributed by atoms with van der Waals surface area (Å²) in [6.45, 7) is 1.87. The number of Topliss-reactive ketones (excluding diaryl/α,β-unsaturated/α-hetero) is 1. The average molecular weight is 466 g/mol. The molecule has 3 aromatic carbocycles. The van der Waals surface area contributed by atoms with Gasteiger partial charge in [-0.25, -0.2) is 0 Å². The molecular formula is C30H27NO4. The van der Waals surface area contributed by atoms with Gasteiger partial charge < -0.3 is 9.63 Å². The summed E-state index contributed by atoms with van der Waals surface area (Å²) in [6.07, 6.45) is 2.90. The number of hydrogen-bond acceptors (Lipinski definition) is 4. The van der Waals surface area contributed by atoms with Crippen LogP contribution in [-0.2, 0) is 27.8 Å². The fourth-order valence-electron chi connectivity index (χ4n) is 4.58. The maximum atomic E-state index is 12.7. The summed E-state index contributed by atoms with van der Waals surface area (Å²) < 4.78 is 5.62. The minimum Gasteiger partial charge on any atom is -0.481 e. The van der Waals surface area contributed by atoms with Crippen LogP contribution in [0.1, 0.15) is 41.6 Å². The van der Waals surface area contributed by atoms with E-state index in [2.05, 4.69) is 5.16 Å². The van der Waals surface area contributed by atoms with Crippen molar-refractivity contribution in [1.29, 1.82) is 0 Å². The summed E-state index contributed by atoms with van der Waals surface area (Å²) in [5.41, 5.74) is 5.82. The first-order valence-electron chi connectivity index (χ1n) is 11.9. The van der Waals surface area contributed by atoms with Crippen LogP contribution in [0.5, 0.6) is 0 Å². The van der Waals surface area contributed by atoms with Crippen molar-refractivity contribution < 1.29 is 19.2 Å². The third-order valence-electron chi connectivity index (χ3n) is 6.97. The highest BCUT2D eigenvalue weighted by Crippen LogP contribution is 2.48. The van der Waals surface area contributed by atoms with E-state index in [1.54, 1.807) is 0 Å². The standard InChI is InChI=1S/C30H27NO4/c1-20-27(19-26(32)16-7-21-5-3-2-4-6-21)28(35-31-20)24-10-8-22(9-11-24)23-12-14-25(15-13-23)30(17-18-30)29(33)34/h2-6,8-15H,7,16-19H2,1H3,(H,33,34). The van der Waals surface area contributed by atoms with Crippen molar-refractivity contribution in [2.75, 3.05) is 0 Å². The third kappa shape index (κ3) is 4.67. The number of carboxylic acid groups (broad SMARTS) is 1. The summed E-state index contributed by atoms with van der Waals surface area (Å²) >= 11 is 0. The number of carboxylic acids is 1. The molecule has 0 aliphatic heterocycles. The maximum Gasteiger partial charge on any atom is 0.314 e. The van der Waals surface area contributed by atoms with Gasteiger partial charge in [0.1, 0.15) is 5.78 Å². The van der Waals surface area contributed by atoms with E-state index < -0.39 is 11.4 Å². The highest BCUT2D eigenvalue weighted by molar-refractivity contribution is 5.85. The number of aryl methyl sites for hydroxylation is 2. The van der Waals surface area contributed by atoms with Gasteiger partial charge in [0.25, 0.3) is 0 Å². The molecule has 0 amide bonds. The predicted octanol–water partition coefficient (Wildman–Crippen LogP) is 6.18. The zero-order chi connectivity index (χ0) is 24.4. The number of carbonyl (C=O) groups excluding carboxylic acids is 1. The molecule has 1 N–H and O–H groups in total. The van der Waals surface area contributed by atoms with Gasteiger partial charge in [-0.3, -0.25) is 9.59 Å². The summed E-state index contributed by atoms with van der Waals surface area (Å²) in [6, 6.07) is 25.8. The van der Waals surface area contributed by atoms with Crippen LogP contribution in [0.4, 0.5) is 0 Å². The lowest BCUT2D eigenvalue weighted by molar-refractivity contribution is -0.140. The zero-order valence-corrected chi connectivity index (χ0v) is 19.7. The zero-order valence-electron chi connectivity index (χ0n) is 19.7. The second kappa shape index (κ2) is 9.34. The Morgan fingerprint density at radius 3 is 2.09 bits per heavy atom. The van der Waals surface area contributed by atoms with E-state index in [9.17, 15) is 14.7 Å². The molecule has 1 fully saturated rings. The minimum atomic E-state index is -0.744. The van der Waals surface area contributed by atoms with Gasteiger partial charge in [0.05, 0.1) is 11.1 Å². The van der Waals surface area contributed by atoms with E-state index in [4.69, 9.17) is 4.52 Å². The lowest BCUT2D eigenvalue weighted by Gasteiger charge is -2.11. The van der Waals surface area contributed by atoms with Crippen LogP contribution < -0.4 is 0 Å². The molecule has 0 spiro atoms. The predicted molar refractivity (Wildman–Crippen MR) is 134 cm³/mol. The Morgan fingerprint density at radius 2 is 1.49 bits per heavy atom. The molecule has 0 saturated heterocycles. The Balaban J connectivity index is 1.29. The number of rotatable bonds is 9. The van der Waals surface area contributed by atoms with Crippen LogP contribution in [0.2, 0.25) is 0 Å². The Morgan fingerprint density at radius 1 is 0.886 bits per heavy atom. The fourth-order valence-corrected chi connectivity index (χ4v) is 4.58. The van der Waals surface area contributed by atoms with Crippen molar-refractivity contribution in [1.82, 2.24) is 5.16 Å². The first-order valence-corrected chi connectivity index (χ1v) is 11.9. The second-order valence-corrected chi connectivity index (χ2v) is 9.32. The lowest BCUT2D eigenvalue weighted by atomic mass is 9.93. The van der Waals surface area contributed by atoms with E-state index in [0.717, 1.165) is 45.5 Å². The van der Waals surface area contributed by atoms with Gasteiger partial charge in [0.2, 0.25) is 0 Å². The highest BCUT2D eigenvalue weighted by atomic mass is 16.5. The van der Waals surface area contributed by atoms with E-state index in [0.29, 0.717) is 31.4 Å². The maximum absolute atomic E-state index is 12.7. The molecule has 0 radical (unpaired) electrons. The first-order chi connectivity index (χ1) is 17.0. The van der Waals surface area contributed by atoms with Crippen LogP contribution >= 0.6 is 0 Å². The van der Waals surface area contributed by atoms with E-state index in [1.165, 1.54) is 0 Å². The molecule has 1 aliphatic carbocycles. The van der Waals surface area contributed by atoms with Crippen molar-refractivity contribution in [3.05, 3.63) is 101 Å². The molecule has 1 aromatic heterocycles. The largest absolute Gasteiger partial charge is 0.481 e. The Hall–Kier alpha value is -3.99. The molecule has 0 atom stereocenters. The van der Waals surface area contributed by atoms with Gasteiger partial charge in [0.15, 0.2) is 5.76 Å². The van der Waals surface area contributed by atoms with Crippen molar-refractivity contribution in [3.8, 4) is 22.5 Å². The van der Waals surface area contributed by atoms with Gasteiger partial charge in [-0.1, -0.05) is 84.0 Å². The van der Waals surface area contributed by atoms with Crippen LogP contribution in [0, 0.1) is 6.92 Å². The van der Waals surface area contributed by atoms with Gasteiger partial charge in [-0.15, -0.1) is 0 Å². The monoisotopic (exact) mass is 465 g/mol. The summed E-state index contributed by atoms with van der Waals surface area (Å²) in [4.78, 5) is 24.3. The van der Waals surface area contributed by atoms with Gasteiger partial charge in [-0.2, -0.15) is 0 Å². The van der Waals surface area contributed by atoms with E-state index in [1.807, 2.05) is 85.8 Å². The second-order valence-electron chi connectivity index (χ2n) is 9.32. The molecule has 1 aliphatic rings. The van der Waals surface area contributed by atoms with Crippen LogP contribution in [0.15, 0.2) is 83.4 Å². The van der Waals surface area contributed by atoms with Crippen LogP contribution in [0.25, 0.3) is 22.5 Å². The molecule has 176 valence electrons. The molecule has 35 heavy (non-hydrogen) atoms. The summed E-state index contributed by atoms with van der Waals surface area (Å²) in [5.74, 6) is 0.0498. The fraction of sp³-hybridized carbons (Fsp3) is 0.233. The quantitative estimate of drug-likeness (QED) is 0.319. The van der Waals surface area contributed by atoms with Crippen LogP contribution in [0.3, 0.4) is 0 Å². The third-order valence-corrected chi connectivity index (χ3v) is 6.97. The van der Waals surface area contributed by atoms with Crippen molar-refractivity contribution in [2.45, 2.75) is 44.4 Å². The Kier molecular flexibility index (Phi) is 6.08. The molecule has 1 heterocycles. The summed E-state index contributed by atoms with van der Waals surface area (Å²) in [7, 11) is 0. The normalized spacial score (nSPS) is 14.0. The van der Waals surface area contributed by atoms with Gasteiger partial charge in [0, 0.05) is 24.0 Å². The van der Waals surface area contributed by atoms with Crippen molar-refractivity contribution in [2.24, 2.45) is 0 Å². The molecule has 5 heteroatoms. The van der Waals surface area contributed by atoms with Gasteiger partial charge in [-0.05, 0) is 48.4 Å². The summed E-state index contributed by atoms with van der Waals surface area (Å²) in [5, 5.41) is 13.6. The van der Waals surface area contributed by atoms with Crippen molar-refractivity contribution in [3.63, 3.8) is 0 Å². The minimum absolute atomic E-state index is 0.160. The average Bonchev–Trinajstić information content (AvgIpc) is 3.63.